The van der Waals surface area contributed by atoms with Crippen LogP contribution in [0.15, 0.2) is 36.4 Å². The zero-order valence-corrected chi connectivity index (χ0v) is 11.2. The topological polar surface area (TPSA) is 45.2 Å². The minimum Gasteiger partial charge on any atom is -0.393 e. The fourth-order valence-corrected chi connectivity index (χ4v) is 2.85. The summed E-state index contributed by atoms with van der Waals surface area (Å²) in [5.74, 6) is 1.51. The van der Waals surface area contributed by atoms with E-state index in [2.05, 4.69) is 29.4 Å². The number of nitrogens with one attached hydrogen (secondary N) is 1. The maximum Gasteiger partial charge on any atom is 0.126 e. The first-order valence-electron chi connectivity index (χ1n) is 7.06. The summed E-state index contributed by atoms with van der Waals surface area (Å²) in [6.07, 6.45) is 2.80. The highest BCUT2D eigenvalue weighted by molar-refractivity contribution is 5.80. The molecule has 1 saturated carbocycles. The van der Waals surface area contributed by atoms with Crippen molar-refractivity contribution < 1.29 is 5.11 Å². The average molecular weight is 256 g/mol. The van der Waals surface area contributed by atoms with Crippen LogP contribution in [-0.4, -0.2) is 22.2 Å². The van der Waals surface area contributed by atoms with Crippen LogP contribution in [0.1, 0.15) is 26.2 Å². The molecule has 0 saturated heterocycles. The molecule has 0 amide bonds. The number of aliphatic hydroxyl groups is 1. The molecule has 2 aromatic rings. The van der Waals surface area contributed by atoms with Gasteiger partial charge < -0.3 is 10.4 Å². The normalized spacial score (nSPS) is 23.9. The SMILES string of the molecule is CC[C@@H](Nc1ccc2ccccc2n1)C1CC(O)C1. The number of pyridine rings is 1. The molecule has 0 unspecified atom stereocenters. The van der Waals surface area contributed by atoms with Crippen LogP contribution in [0.3, 0.4) is 0 Å². The van der Waals surface area contributed by atoms with E-state index in [-0.39, 0.29) is 6.10 Å². The lowest BCUT2D eigenvalue weighted by Gasteiger charge is -2.37. The molecule has 1 atom stereocenters. The van der Waals surface area contributed by atoms with Gasteiger partial charge in [-0.2, -0.15) is 0 Å². The minimum atomic E-state index is -0.0922. The molecule has 3 rings (SSSR count). The maximum atomic E-state index is 9.43. The van der Waals surface area contributed by atoms with Crippen molar-refractivity contribution in [2.45, 2.75) is 38.3 Å². The monoisotopic (exact) mass is 256 g/mol. The van der Waals surface area contributed by atoms with E-state index in [1.54, 1.807) is 0 Å². The summed E-state index contributed by atoms with van der Waals surface area (Å²) in [6.45, 7) is 2.18. The van der Waals surface area contributed by atoms with E-state index in [1.807, 2.05) is 24.3 Å². The summed E-state index contributed by atoms with van der Waals surface area (Å²) >= 11 is 0. The lowest BCUT2D eigenvalue weighted by Crippen LogP contribution is -2.40. The molecule has 1 aliphatic rings. The van der Waals surface area contributed by atoms with Crippen LogP contribution in [0.2, 0.25) is 0 Å². The molecule has 0 bridgehead atoms. The van der Waals surface area contributed by atoms with E-state index < -0.39 is 0 Å². The average Bonchev–Trinajstić information content (AvgIpc) is 2.41. The molecule has 1 aliphatic carbocycles. The summed E-state index contributed by atoms with van der Waals surface area (Å²) in [6, 6.07) is 12.7. The third kappa shape index (κ3) is 2.56. The Kier molecular flexibility index (Phi) is 3.38. The van der Waals surface area contributed by atoms with Crippen LogP contribution in [0.5, 0.6) is 0 Å². The molecule has 3 nitrogen and oxygen atoms in total. The number of hydrogen-bond donors (Lipinski definition) is 2. The lowest BCUT2D eigenvalue weighted by atomic mass is 9.76. The van der Waals surface area contributed by atoms with Gasteiger partial charge in [-0.3, -0.25) is 0 Å². The Morgan fingerprint density at radius 2 is 2.05 bits per heavy atom. The van der Waals surface area contributed by atoms with Gasteiger partial charge in [0.1, 0.15) is 5.82 Å². The second kappa shape index (κ2) is 5.17. The molecular formula is C16H20N2O. The quantitative estimate of drug-likeness (QED) is 0.883. The predicted molar refractivity (Wildman–Crippen MR) is 78.2 cm³/mol. The first-order valence-corrected chi connectivity index (χ1v) is 7.06. The molecule has 0 radical (unpaired) electrons. The Morgan fingerprint density at radius 3 is 2.79 bits per heavy atom. The fourth-order valence-electron chi connectivity index (χ4n) is 2.85. The van der Waals surface area contributed by atoms with Crippen LogP contribution in [0.25, 0.3) is 10.9 Å². The van der Waals surface area contributed by atoms with E-state index in [1.165, 1.54) is 5.39 Å². The summed E-state index contributed by atoms with van der Waals surface area (Å²) in [5, 5.41) is 14.1. The number of anilines is 1. The Balaban J connectivity index is 1.76. The van der Waals surface area contributed by atoms with Gasteiger partial charge in [-0.15, -0.1) is 0 Å². The van der Waals surface area contributed by atoms with Gasteiger partial charge in [-0.1, -0.05) is 25.1 Å². The molecule has 1 fully saturated rings. The highest BCUT2D eigenvalue weighted by atomic mass is 16.3. The third-order valence-electron chi connectivity index (χ3n) is 4.09. The first-order chi connectivity index (χ1) is 9.26. The van der Waals surface area contributed by atoms with Crippen molar-refractivity contribution in [3.8, 4) is 0 Å². The second-order valence-corrected chi connectivity index (χ2v) is 5.43. The molecule has 1 heterocycles. The minimum absolute atomic E-state index is 0.0922. The molecule has 100 valence electrons. The molecule has 1 aromatic heterocycles. The molecule has 0 aliphatic heterocycles. The van der Waals surface area contributed by atoms with E-state index in [0.29, 0.717) is 12.0 Å². The van der Waals surface area contributed by atoms with Gasteiger partial charge >= 0.3 is 0 Å². The van der Waals surface area contributed by atoms with Crippen LogP contribution in [0.4, 0.5) is 5.82 Å². The Bertz CT molecular complexity index is 563. The van der Waals surface area contributed by atoms with Gasteiger partial charge in [-0.05, 0) is 43.4 Å². The maximum absolute atomic E-state index is 9.43. The third-order valence-corrected chi connectivity index (χ3v) is 4.09. The summed E-state index contributed by atoms with van der Waals surface area (Å²) in [5.41, 5.74) is 1.02. The van der Waals surface area contributed by atoms with Crippen molar-refractivity contribution in [3.63, 3.8) is 0 Å². The van der Waals surface area contributed by atoms with Crippen LogP contribution in [-0.2, 0) is 0 Å². The van der Waals surface area contributed by atoms with Crippen LogP contribution < -0.4 is 5.32 Å². The number of benzene rings is 1. The van der Waals surface area contributed by atoms with Crippen molar-refractivity contribution in [2.24, 2.45) is 5.92 Å². The van der Waals surface area contributed by atoms with Crippen molar-refractivity contribution in [3.05, 3.63) is 36.4 Å². The number of rotatable bonds is 4. The highest BCUT2D eigenvalue weighted by Crippen LogP contribution is 2.33. The second-order valence-electron chi connectivity index (χ2n) is 5.43. The predicted octanol–water partition coefficient (Wildman–Crippen LogP) is 3.20. The highest BCUT2D eigenvalue weighted by Gasteiger charge is 2.33. The summed E-state index contributed by atoms with van der Waals surface area (Å²) in [4.78, 5) is 4.65. The first kappa shape index (κ1) is 12.4. The molecular weight excluding hydrogens is 236 g/mol. The van der Waals surface area contributed by atoms with Crippen molar-refractivity contribution in [2.75, 3.05) is 5.32 Å². The lowest BCUT2D eigenvalue weighted by molar-refractivity contribution is 0.0336. The number of nitrogens with zero attached hydrogens (tertiary/aromatic N) is 1. The van der Waals surface area contributed by atoms with Gasteiger partial charge in [0, 0.05) is 11.4 Å². The van der Waals surface area contributed by atoms with Crippen LogP contribution in [0, 0.1) is 5.92 Å². The van der Waals surface area contributed by atoms with E-state index in [4.69, 9.17) is 0 Å². The number of aliphatic hydroxyl groups excluding tert-OH is 1. The molecule has 3 heteroatoms. The number of para-hydroxylation sites is 1. The zero-order chi connectivity index (χ0) is 13.2. The van der Waals surface area contributed by atoms with Crippen molar-refractivity contribution >= 4 is 16.7 Å². The summed E-state index contributed by atoms with van der Waals surface area (Å²) in [7, 11) is 0. The Morgan fingerprint density at radius 1 is 1.26 bits per heavy atom. The van der Waals surface area contributed by atoms with Crippen molar-refractivity contribution in [1.82, 2.24) is 4.98 Å². The van der Waals surface area contributed by atoms with Gasteiger partial charge in [0.2, 0.25) is 0 Å². The van der Waals surface area contributed by atoms with E-state index >= 15 is 0 Å². The molecule has 19 heavy (non-hydrogen) atoms. The van der Waals surface area contributed by atoms with Gasteiger partial charge in [0.15, 0.2) is 0 Å². The Labute approximate surface area is 113 Å². The van der Waals surface area contributed by atoms with E-state index in [9.17, 15) is 5.11 Å². The molecule has 2 N–H and O–H groups in total. The Hall–Kier alpha value is -1.61. The summed E-state index contributed by atoms with van der Waals surface area (Å²) < 4.78 is 0. The fraction of sp³-hybridized carbons (Fsp3) is 0.438. The number of hydrogen-bond acceptors (Lipinski definition) is 3. The van der Waals surface area contributed by atoms with Gasteiger partial charge in [0.25, 0.3) is 0 Å². The smallest absolute Gasteiger partial charge is 0.126 e. The molecule has 0 spiro atoms. The largest absolute Gasteiger partial charge is 0.393 e. The zero-order valence-electron chi connectivity index (χ0n) is 11.2. The van der Waals surface area contributed by atoms with E-state index in [0.717, 1.165) is 30.6 Å². The van der Waals surface area contributed by atoms with Gasteiger partial charge in [-0.25, -0.2) is 4.98 Å². The van der Waals surface area contributed by atoms with Crippen molar-refractivity contribution in [1.29, 1.82) is 0 Å². The number of fused-ring (bicyclic) bond motifs is 1. The van der Waals surface area contributed by atoms with Gasteiger partial charge in [0.05, 0.1) is 11.6 Å². The number of aromatic nitrogens is 1. The van der Waals surface area contributed by atoms with Crippen LogP contribution >= 0.6 is 0 Å². The molecule has 1 aromatic carbocycles. The standard InChI is InChI=1S/C16H20N2O/c1-2-14(12-9-13(19)10-12)17-16-8-7-11-5-3-4-6-15(11)18-16/h3-8,12-14,19H,2,9-10H2,1H3,(H,17,18)/t12?,13?,14-/m1/s1.